The molecule has 1 atom stereocenters. The Morgan fingerprint density at radius 3 is 3.06 bits per heavy atom. The summed E-state index contributed by atoms with van der Waals surface area (Å²) in [7, 11) is 0. The van der Waals surface area contributed by atoms with Gasteiger partial charge in [-0.2, -0.15) is 4.98 Å². The minimum Gasteiger partial charge on any atom is -0.368 e. The van der Waals surface area contributed by atoms with E-state index in [1.54, 1.807) is 0 Å². The molecule has 94 valence electrons. The SMILES string of the molecule is CCN1CCC(CNc2nc(Cl)ncc2Cl)C1. The Morgan fingerprint density at radius 1 is 1.53 bits per heavy atom. The van der Waals surface area contributed by atoms with E-state index in [9.17, 15) is 0 Å². The summed E-state index contributed by atoms with van der Waals surface area (Å²) in [5.41, 5.74) is 0. The summed E-state index contributed by atoms with van der Waals surface area (Å²) in [4.78, 5) is 10.3. The average Bonchev–Trinajstić information content (AvgIpc) is 2.78. The van der Waals surface area contributed by atoms with Crippen LogP contribution in [0.2, 0.25) is 10.3 Å². The number of aromatic nitrogens is 2. The molecule has 1 aliphatic heterocycles. The second-order valence-corrected chi connectivity index (χ2v) is 5.01. The lowest BCUT2D eigenvalue weighted by Gasteiger charge is -2.14. The molecule has 1 aromatic heterocycles. The number of anilines is 1. The highest BCUT2D eigenvalue weighted by atomic mass is 35.5. The summed E-state index contributed by atoms with van der Waals surface area (Å²) in [5.74, 6) is 1.28. The third-order valence-corrected chi connectivity index (χ3v) is 3.55. The molecule has 1 N–H and O–H groups in total. The zero-order valence-electron chi connectivity index (χ0n) is 9.79. The van der Waals surface area contributed by atoms with Gasteiger partial charge >= 0.3 is 0 Å². The first kappa shape index (κ1) is 12.9. The summed E-state index contributed by atoms with van der Waals surface area (Å²) in [6.45, 7) is 6.51. The highest BCUT2D eigenvalue weighted by molar-refractivity contribution is 6.33. The molecule has 1 saturated heterocycles. The molecule has 2 heterocycles. The van der Waals surface area contributed by atoms with Crippen LogP contribution >= 0.6 is 23.2 Å². The van der Waals surface area contributed by atoms with Crippen molar-refractivity contribution >= 4 is 29.0 Å². The van der Waals surface area contributed by atoms with Crippen molar-refractivity contribution in [3.05, 3.63) is 16.5 Å². The van der Waals surface area contributed by atoms with Gasteiger partial charge in [0, 0.05) is 13.1 Å². The Hall–Kier alpha value is -0.580. The first-order valence-corrected chi connectivity index (χ1v) is 6.59. The van der Waals surface area contributed by atoms with E-state index in [2.05, 4.69) is 27.1 Å². The van der Waals surface area contributed by atoms with E-state index in [-0.39, 0.29) is 5.28 Å². The van der Waals surface area contributed by atoms with Crippen LogP contribution in [-0.4, -0.2) is 41.0 Å². The normalized spacial score (nSPS) is 20.8. The van der Waals surface area contributed by atoms with Crippen LogP contribution in [0, 0.1) is 5.92 Å². The molecule has 2 rings (SSSR count). The summed E-state index contributed by atoms with van der Waals surface area (Å²) < 4.78 is 0. The first-order chi connectivity index (χ1) is 8.19. The fraction of sp³-hybridized carbons (Fsp3) is 0.636. The molecule has 6 heteroatoms. The number of likely N-dealkylation sites (tertiary alicyclic amines) is 1. The molecule has 0 radical (unpaired) electrons. The lowest BCUT2D eigenvalue weighted by Crippen LogP contribution is -2.22. The van der Waals surface area contributed by atoms with Crippen LogP contribution in [0.1, 0.15) is 13.3 Å². The monoisotopic (exact) mass is 274 g/mol. The van der Waals surface area contributed by atoms with Crippen LogP contribution in [-0.2, 0) is 0 Å². The molecule has 0 aliphatic carbocycles. The molecule has 17 heavy (non-hydrogen) atoms. The van der Waals surface area contributed by atoms with Gasteiger partial charge in [0.25, 0.3) is 0 Å². The molecule has 0 bridgehead atoms. The molecule has 1 fully saturated rings. The minimum atomic E-state index is 0.221. The fourth-order valence-corrected chi connectivity index (χ4v) is 2.37. The van der Waals surface area contributed by atoms with Crippen molar-refractivity contribution in [3.63, 3.8) is 0 Å². The molecule has 1 aliphatic rings. The second kappa shape index (κ2) is 5.85. The number of hydrogen-bond donors (Lipinski definition) is 1. The van der Waals surface area contributed by atoms with Crippen LogP contribution in [0.15, 0.2) is 6.20 Å². The molecule has 0 spiro atoms. The van der Waals surface area contributed by atoms with Crippen LogP contribution in [0.25, 0.3) is 0 Å². The number of hydrogen-bond acceptors (Lipinski definition) is 4. The zero-order valence-corrected chi connectivity index (χ0v) is 11.3. The highest BCUT2D eigenvalue weighted by Gasteiger charge is 2.21. The van der Waals surface area contributed by atoms with Gasteiger partial charge < -0.3 is 10.2 Å². The molecule has 1 unspecified atom stereocenters. The molecule has 0 aromatic carbocycles. The quantitative estimate of drug-likeness (QED) is 0.857. The van der Waals surface area contributed by atoms with Gasteiger partial charge in [-0.25, -0.2) is 4.98 Å². The van der Waals surface area contributed by atoms with Crippen molar-refractivity contribution in [2.75, 3.05) is 31.5 Å². The van der Waals surface area contributed by atoms with E-state index in [1.165, 1.54) is 19.2 Å². The third-order valence-electron chi connectivity index (χ3n) is 3.09. The average molecular weight is 275 g/mol. The van der Waals surface area contributed by atoms with Crippen molar-refractivity contribution in [1.82, 2.24) is 14.9 Å². The molecule has 1 aromatic rings. The van der Waals surface area contributed by atoms with Crippen LogP contribution < -0.4 is 5.32 Å². The summed E-state index contributed by atoms with van der Waals surface area (Å²) in [5, 5.41) is 3.98. The predicted molar refractivity (Wildman–Crippen MR) is 70.8 cm³/mol. The van der Waals surface area contributed by atoms with Gasteiger partial charge in [0.15, 0.2) is 0 Å². The van der Waals surface area contributed by atoms with Crippen molar-refractivity contribution < 1.29 is 0 Å². The van der Waals surface area contributed by atoms with E-state index in [1.807, 2.05) is 0 Å². The van der Waals surface area contributed by atoms with E-state index in [4.69, 9.17) is 23.2 Å². The Morgan fingerprint density at radius 2 is 2.35 bits per heavy atom. The van der Waals surface area contributed by atoms with E-state index < -0.39 is 0 Å². The van der Waals surface area contributed by atoms with Crippen molar-refractivity contribution in [2.45, 2.75) is 13.3 Å². The summed E-state index contributed by atoms with van der Waals surface area (Å²) in [6.07, 6.45) is 2.74. The van der Waals surface area contributed by atoms with Crippen LogP contribution in [0.3, 0.4) is 0 Å². The lowest BCUT2D eigenvalue weighted by molar-refractivity contribution is 0.345. The van der Waals surface area contributed by atoms with Gasteiger partial charge in [-0.1, -0.05) is 18.5 Å². The molecular formula is C11H16Cl2N4. The smallest absolute Gasteiger partial charge is 0.224 e. The van der Waals surface area contributed by atoms with Gasteiger partial charge in [0.05, 0.1) is 6.20 Å². The van der Waals surface area contributed by atoms with Gasteiger partial charge in [-0.3, -0.25) is 0 Å². The molecule has 0 amide bonds. The largest absolute Gasteiger partial charge is 0.368 e. The molecular weight excluding hydrogens is 259 g/mol. The minimum absolute atomic E-state index is 0.221. The maximum Gasteiger partial charge on any atom is 0.224 e. The lowest BCUT2D eigenvalue weighted by atomic mass is 10.1. The first-order valence-electron chi connectivity index (χ1n) is 5.83. The number of nitrogens with one attached hydrogen (secondary N) is 1. The number of nitrogens with zero attached hydrogens (tertiary/aromatic N) is 3. The summed E-state index contributed by atoms with van der Waals surface area (Å²) >= 11 is 11.7. The topological polar surface area (TPSA) is 41.0 Å². The van der Waals surface area contributed by atoms with Crippen LogP contribution in [0.4, 0.5) is 5.82 Å². The zero-order chi connectivity index (χ0) is 12.3. The predicted octanol–water partition coefficient (Wildman–Crippen LogP) is 2.54. The summed E-state index contributed by atoms with van der Waals surface area (Å²) in [6, 6.07) is 0. The van der Waals surface area contributed by atoms with Gasteiger partial charge in [0.1, 0.15) is 10.8 Å². The number of rotatable bonds is 4. The fourth-order valence-electron chi connectivity index (χ4n) is 2.08. The highest BCUT2D eigenvalue weighted by Crippen LogP contribution is 2.21. The maximum absolute atomic E-state index is 5.98. The van der Waals surface area contributed by atoms with Crippen molar-refractivity contribution in [3.8, 4) is 0 Å². The third kappa shape index (κ3) is 3.44. The maximum atomic E-state index is 5.98. The van der Waals surface area contributed by atoms with Crippen molar-refractivity contribution in [2.24, 2.45) is 5.92 Å². The van der Waals surface area contributed by atoms with Crippen LogP contribution in [0.5, 0.6) is 0 Å². The standard InChI is InChI=1S/C11H16Cl2N4/c1-2-17-4-3-8(7-17)5-14-10-9(12)6-15-11(13)16-10/h6,8H,2-5,7H2,1H3,(H,14,15,16). The number of halogens is 2. The molecule has 4 nitrogen and oxygen atoms in total. The molecule has 0 saturated carbocycles. The Balaban J connectivity index is 1.88. The Labute approximate surface area is 111 Å². The van der Waals surface area contributed by atoms with E-state index in [0.29, 0.717) is 16.8 Å². The Kier molecular flexibility index (Phi) is 4.42. The Bertz CT molecular complexity index is 386. The second-order valence-electron chi connectivity index (χ2n) is 4.26. The van der Waals surface area contributed by atoms with Crippen molar-refractivity contribution in [1.29, 1.82) is 0 Å². The van der Waals surface area contributed by atoms with Gasteiger partial charge in [0.2, 0.25) is 5.28 Å². The van der Waals surface area contributed by atoms with Gasteiger partial charge in [-0.15, -0.1) is 0 Å². The van der Waals surface area contributed by atoms with E-state index >= 15 is 0 Å². The van der Waals surface area contributed by atoms with E-state index in [0.717, 1.165) is 19.6 Å². The van der Waals surface area contributed by atoms with Gasteiger partial charge in [-0.05, 0) is 37.0 Å².